The van der Waals surface area contributed by atoms with Crippen molar-refractivity contribution in [1.29, 1.82) is 0 Å². The van der Waals surface area contributed by atoms with Crippen molar-refractivity contribution < 1.29 is 0 Å². The van der Waals surface area contributed by atoms with E-state index in [2.05, 4.69) is 15.0 Å². The number of nitrogen functional groups attached to an aromatic ring is 1. The van der Waals surface area contributed by atoms with E-state index < -0.39 is 0 Å². The zero-order valence-electron chi connectivity index (χ0n) is 9.51. The molecule has 0 spiro atoms. The number of benzene rings is 2. The minimum Gasteiger partial charge on any atom is -0.397 e. The van der Waals surface area contributed by atoms with Crippen molar-refractivity contribution in [2.45, 2.75) is 0 Å². The molecule has 4 rings (SSSR count). The van der Waals surface area contributed by atoms with Gasteiger partial charge < -0.3 is 10.7 Å². The number of nitrogens with one attached hydrogen (secondary N) is 1. The molecule has 0 saturated carbocycles. The molecule has 18 heavy (non-hydrogen) atoms. The molecule has 2 aromatic carbocycles. The van der Waals surface area contributed by atoms with Crippen LogP contribution in [0.3, 0.4) is 0 Å². The number of para-hydroxylation sites is 2. The van der Waals surface area contributed by atoms with Gasteiger partial charge in [-0.15, -0.1) is 0 Å². The first-order chi connectivity index (χ1) is 8.83. The van der Waals surface area contributed by atoms with Crippen LogP contribution in [0.2, 0.25) is 0 Å². The number of fused-ring (bicyclic) bond motifs is 4. The second-order valence-corrected chi connectivity index (χ2v) is 4.31. The highest BCUT2D eigenvalue weighted by Gasteiger charge is 2.09. The van der Waals surface area contributed by atoms with Crippen LogP contribution in [0.15, 0.2) is 42.5 Å². The highest BCUT2D eigenvalue weighted by atomic mass is 14.9. The molecule has 0 fully saturated rings. The molecule has 3 N–H and O–H groups in total. The Balaban J connectivity index is 2.27. The Morgan fingerprint density at radius 2 is 1.78 bits per heavy atom. The molecule has 4 nitrogen and oxygen atoms in total. The first-order valence-electron chi connectivity index (χ1n) is 5.75. The molecule has 0 aliphatic heterocycles. The van der Waals surface area contributed by atoms with Crippen LogP contribution in [0, 0.1) is 0 Å². The first-order valence-corrected chi connectivity index (χ1v) is 5.75. The molecule has 86 valence electrons. The van der Waals surface area contributed by atoms with Crippen LogP contribution in [0.25, 0.3) is 33.1 Å². The van der Waals surface area contributed by atoms with Gasteiger partial charge in [0.25, 0.3) is 0 Å². The number of hydrogen-bond donors (Lipinski definition) is 2. The maximum absolute atomic E-state index is 5.93. The molecule has 4 heteroatoms. The fraction of sp³-hybridized carbons (Fsp3) is 0. The van der Waals surface area contributed by atoms with Crippen molar-refractivity contribution in [2.75, 3.05) is 5.73 Å². The van der Waals surface area contributed by atoms with E-state index in [1.165, 1.54) is 0 Å². The highest BCUT2D eigenvalue weighted by molar-refractivity contribution is 6.06. The standard InChI is InChI=1S/C14H10N4/c15-9-5-3-7-11-13(9)18-14-12(16-11)8-4-1-2-6-10(8)17-14/h1-7H,15H2,(H,17,18). The Bertz CT molecular complexity index is 892. The molecule has 2 heterocycles. The van der Waals surface area contributed by atoms with Crippen molar-refractivity contribution >= 4 is 38.8 Å². The van der Waals surface area contributed by atoms with Crippen molar-refractivity contribution in [2.24, 2.45) is 0 Å². The van der Waals surface area contributed by atoms with Crippen LogP contribution in [-0.4, -0.2) is 15.0 Å². The average Bonchev–Trinajstić information content (AvgIpc) is 2.75. The average molecular weight is 234 g/mol. The van der Waals surface area contributed by atoms with Gasteiger partial charge in [-0.1, -0.05) is 24.3 Å². The molecule has 0 saturated heterocycles. The van der Waals surface area contributed by atoms with E-state index in [-0.39, 0.29) is 0 Å². The molecule has 0 amide bonds. The van der Waals surface area contributed by atoms with E-state index in [0.29, 0.717) is 5.69 Å². The summed E-state index contributed by atoms with van der Waals surface area (Å²) < 4.78 is 0. The van der Waals surface area contributed by atoms with Crippen LogP contribution < -0.4 is 5.73 Å². The predicted molar refractivity (Wildman–Crippen MR) is 73.3 cm³/mol. The van der Waals surface area contributed by atoms with Gasteiger partial charge in [0, 0.05) is 10.9 Å². The summed E-state index contributed by atoms with van der Waals surface area (Å²) in [6.07, 6.45) is 0. The quantitative estimate of drug-likeness (QED) is 0.460. The van der Waals surface area contributed by atoms with Crippen LogP contribution in [-0.2, 0) is 0 Å². The van der Waals surface area contributed by atoms with Gasteiger partial charge in [0.2, 0.25) is 0 Å². The molecule has 0 unspecified atom stereocenters. The Hall–Kier alpha value is -2.62. The number of nitrogens with zero attached hydrogens (tertiary/aromatic N) is 2. The molecule has 4 aromatic rings. The fourth-order valence-electron chi connectivity index (χ4n) is 2.30. The summed E-state index contributed by atoms with van der Waals surface area (Å²) in [6, 6.07) is 13.7. The summed E-state index contributed by atoms with van der Waals surface area (Å²) in [4.78, 5) is 12.5. The van der Waals surface area contributed by atoms with Gasteiger partial charge in [0.05, 0.1) is 11.2 Å². The lowest BCUT2D eigenvalue weighted by Gasteiger charge is -2.00. The highest BCUT2D eigenvalue weighted by Crippen LogP contribution is 2.26. The van der Waals surface area contributed by atoms with Crippen LogP contribution in [0.5, 0.6) is 0 Å². The van der Waals surface area contributed by atoms with Crippen LogP contribution >= 0.6 is 0 Å². The van der Waals surface area contributed by atoms with Crippen LogP contribution in [0.4, 0.5) is 5.69 Å². The molecular weight excluding hydrogens is 224 g/mol. The monoisotopic (exact) mass is 234 g/mol. The number of aromatic amines is 1. The summed E-state index contributed by atoms with van der Waals surface area (Å²) >= 11 is 0. The number of rotatable bonds is 0. The van der Waals surface area contributed by atoms with Crippen molar-refractivity contribution in [3.05, 3.63) is 42.5 Å². The fourth-order valence-corrected chi connectivity index (χ4v) is 2.30. The van der Waals surface area contributed by atoms with E-state index in [9.17, 15) is 0 Å². The van der Waals surface area contributed by atoms with Gasteiger partial charge in [-0.05, 0) is 18.2 Å². The van der Waals surface area contributed by atoms with E-state index in [0.717, 1.165) is 33.1 Å². The molecule has 0 aliphatic carbocycles. The number of nitrogens with two attached hydrogens (primary N) is 1. The second-order valence-electron chi connectivity index (χ2n) is 4.31. The SMILES string of the molecule is Nc1cccc2nc3c(nc12)[nH]c1ccccc13. The topological polar surface area (TPSA) is 67.6 Å². The second kappa shape index (κ2) is 3.20. The molecule has 0 aliphatic rings. The molecule has 0 atom stereocenters. The Morgan fingerprint density at radius 3 is 2.72 bits per heavy atom. The first kappa shape index (κ1) is 9.41. The van der Waals surface area contributed by atoms with E-state index in [4.69, 9.17) is 5.73 Å². The minimum absolute atomic E-state index is 0.653. The summed E-state index contributed by atoms with van der Waals surface area (Å²) in [5.41, 5.74) is 10.9. The lowest BCUT2D eigenvalue weighted by atomic mass is 10.2. The van der Waals surface area contributed by atoms with Gasteiger partial charge >= 0.3 is 0 Å². The van der Waals surface area contributed by atoms with Gasteiger partial charge in [-0.25, -0.2) is 9.97 Å². The maximum Gasteiger partial charge on any atom is 0.157 e. The third-order valence-electron chi connectivity index (χ3n) is 3.16. The minimum atomic E-state index is 0.653. The molecular formula is C14H10N4. The smallest absolute Gasteiger partial charge is 0.157 e. The number of anilines is 1. The largest absolute Gasteiger partial charge is 0.397 e. The molecule has 0 bridgehead atoms. The normalized spacial score (nSPS) is 11.6. The zero-order chi connectivity index (χ0) is 12.1. The number of aromatic nitrogens is 3. The Morgan fingerprint density at radius 1 is 0.889 bits per heavy atom. The van der Waals surface area contributed by atoms with Crippen molar-refractivity contribution in [3.63, 3.8) is 0 Å². The van der Waals surface area contributed by atoms with E-state index >= 15 is 0 Å². The summed E-state index contributed by atoms with van der Waals surface area (Å²) in [5, 5.41) is 1.09. The number of H-pyrrole nitrogens is 1. The van der Waals surface area contributed by atoms with E-state index in [1.807, 2.05) is 42.5 Å². The Kier molecular flexibility index (Phi) is 1.67. The molecule has 0 radical (unpaired) electrons. The predicted octanol–water partition coefficient (Wildman–Crippen LogP) is 2.85. The van der Waals surface area contributed by atoms with E-state index in [1.54, 1.807) is 0 Å². The maximum atomic E-state index is 5.93. The zero-order valence-corrected chi connectivity index (χ0v) is 9.51. The lowest BCUT2D eigenvalue weighted by molar-refractivity contribution is 1.36. The lowest BCUT2D eigenvalue weighted by Crippen LogP contribution is -1.91. The van der Waals surface area contributed by atoms with Gasteiger partial charge in [0.15, 0.2) is 5.65 Å². The van der Waals surface area contributed by atoms with Gasteiger partial charge in [0.1, 0.15) is 11.0 Å². The third-order valence-corrected chi connectivity index (χ3v) is 3.16. The number of hydrogen-bond acceptors (Lipinski definition) is 3. The van der Waals surface area contributed by atoms with Gasteiger partial charge in [-0.2, -0.15) is 0 Å². The Labute approximate surface area is 102 Å². The van der Waals surface area contributed by atoms with Crippen molar-refractivity contribution in [3.8, 4) is 0 Å². The van der Waals surface area contributed by atoms with Crippen molar-refractivity contribution in [1.82, 2.24) is 15.0 Å². The summed E-state index contributed by atoms with van der Waals surface area (Å²) in [5.74, 6) is 0. The van der Waals surface area contributed by atoms with Gasteiger partial charge in [-0.3, -0.25) is 0 Å². The molecule has 2 aromatic heterocycles. The third kappa shape index (κ3) is 1.14. The summed E-state index contributed by atoms with van der Waals surface area (Å²) in [7, 11) is 0. The summed E-state index contributed by atoms with van der Waals surface area (Å²) in [6.45, 7) is 0. The van der Waals surface area contributed by atoms with Crippen LogP contribution in [0.1, 0.15) is 0 Å².